The number of pyridine rings is 1. The third kappa shape index (κ3) is 2.93. The van der Waals surface area contributed by atoms with Gasteiger partial charge in [0.15, 0.2) is 11.5 Å². The first kappa shape index (κ1) is 16.8. The molecule has 0 amide bonds. The molecule has 7 heteroatoms. The fraction of sp³-hybridized carbons (Fsp3) is 0.150. The molecule has 0 aliphatic heterocycles. The Morgan fingerprint density at radius 3 is 2.30 bits per heavy atom. The molecule has 0 radical (unpaired) electrons. The van der Waals surface area contributed by atoms with Crippen LogP contribution in [-0.2, 0) is 0 Å². The lowest BCUT2D eigenvalue weighted by atomic mass is 10.1. The molecule has 0 atom stereocenters. The second-order valence-electron chi connectivity index (χ2n) is 5.85. The number of aromatic nitrogens is 4. The fourth-order valence-corrected chi connectivity index (χ4v) is 3.06. The van der Waals surface area contributed by atoms with Crippen molar-refractivity contribution in [2.75, 3.05) is 21.3 Å². The lowest BCUT2D eigenvalue weighted by Gasteiger charge is -2.15. The predicted octanol–water partition coefficient (Wildman–Crippen LogP) is 3.51. The summed E-state index contributed by atoms with van der Waals surface area (Å²) in [6, 6.07) is 11.8. The summed E-state index contributed by atoms with van der Waals surface area (Å²) >= 11 is 0. The van der Waals surface area contributed by atoms with Gasteiger partial charge in [-0.3, -0.25) is 4.98 Å². The molecule has 0 saturated carbocycles. The van der Waals surface area contributed by atoms with E-state index >= 15 is 0 Å². The molecule has 7 nitrogen and oxygen atoms in total. The molecule has 2 heterocycles. The Hall–Kier alpha value is -3.61. The molecule has 0 spiro atoms. The first-order valence-corrected chi connectivity index (χ1v) is 8.30. The second-order valence-corrected chi connectivity index (χ2v) is 5.85. The van der Waals surface area contributed by atoms with Gasteiger partial charge in [-0.25, -0.2) is 4.68 Å². The fourth-order valence-electron chi connectivity index (χ4n) is 3.06. The molecule has 0 aliphatic carbocycles. The van der Waals surface area contributed by atoms with Crippen LogP contribution in [0.25, 0.3) is 27.7 Å². The van der Waals surface area contributed by atoms with E-state index in [-0.39, 0.29) is 0 Å². The van der Waals surface area contributed by atoms with Crippen molar-refractivity contribution in [1.82, 2.24) is 20.0 Å². The quantitative estimate of drug-likeness (QED) is 0.541. The van der Waals surface area contributed by atoms with Crippen molar-refractivity contribution >= 4 is 10.8 Å². The smallest absolute Gasteiger partial charge is 0.203 e. The van der Waals surface area contributed by atoms with E-state index in [4.69, 9.17) is 14.2 Å². The van der Waals surface area contributed by atoms with Crippen LogP contribution in [0, 0.1) is 0 Å². The summed E-state index contributed by atoms with van der Waals surface area (Å²) in [4.78, 5) is 4.20. The third-order valence-electron chi connectivity index (χ3n) is 4.38. The number of hydrogen-bond acceptors (Lipinski definition) is 6. The van der Waals surface area contributed by atoms with Crippen LogP contribution in [0.4, 0.5) is 0 Å². The lowest BCUT2D eigenvalue weighted by molar-refractivity contribution is 0.324. The maximum atomic E-state index is 5.45. The Labute approximate surface area is 156 Å². The van der Waals surface area contributed by atoms with Gasteiger partial charge in [0.25, 0.3) is 0 Å². The number of benzene rings is 2. The van der Waals surface area contributed by atoms with Crippen molar-refractivity contribution in [3.05, 3.63) is 55.0 Å². The minimum Gasteiger partial charge on any atom is -0.493 e. The molecular weight excluding hydrogens is 344 g/mol. The highest BCUT2D eigenvalue weighted by Crippen LogP contribution is 2.40. The Morgan fingerprint density at radius 1 is 0.815 bits per heavy atom. The van der Waals surface area contributed by atoms with Crippen LogP contribution in [-0.4, -0.2) is 41.3 Å². The number of rotatable bonds is 5. The Kier molecular flexibility index (Phi) is 4.33. The average Bonchev–Trinajstić information content (AvgIpc) is 3.22. The van der Waals surface area contributed by atoms with Crippen LogP contribution < -0.4 is 14.2 Å². The molecule has 0 bridgehead atoms. The minimum absolute atomic E-state index is 0.530. The molecule has 2 aromatic heterocycles. The van der Waals surface area contributed by atoms with Crippen LogP contribution in [0.3, 0.4) is 0 Å². The highest BCUT2D eigenvalue weighted by Gasteiger charge is 2.17. The maximum Gasteiger partial charge on any atom is 0.203 e. The molecule has 27 heavy (non-hydrogen) atoms. The van der Waals surface area contributed by atoms with Gasteiger partial charge in [-0.1, -0.05) is 17.3 Å². The van der Waals surface area contributed by atoms with Gasteiger partial charge in [-0.2, -0.15) is 0 Å². The average molecular weight is 362 g/mol. The van der Waals surface area contributed by atoms with Gasteiger partial charge in [0, 0.05) is 35.5 Å². The van der Waals surface area contributed by atoms with E-state index in [2.05, 4.69) is 27.4 Å². The molecule has 0 saturated heterocycles. The van der Waals surface area contributed by atoms with Crippen molar-refractivity contribution in [2.45, 2.75) is 0 Å². The Morgan fingerprint density at radius 2 is 1.59 bits per heavy atom. The molecule has 0 fully saturated rings. The lowest BCUT2D eigenvalue weighted by Crippen LogP contribution is -2.02. The van der Waals surface area contributed by atoms with E-state index in [0.717, 1.165) is 27.7 Å². The summed E-state index contributed by atoms with van der Waals surface area (Å²) in [5.41, 5.74) is 2.58. The van der Waals surface area contributed by atoms with Gasteiger partial charge in [-0.05, 0) is 17.5 Å². The van der Waals surface area contributed by atoms with Gasteiger partial charge in [0.2, 0.25) is 5.75 Å². The van der Waals surface area contributed by atoms with Crippen LogP contribution in [0.15, 0.2) is 55.0 Å². The predicted molar refractivity (Wildman–Crippen MR) is 102 cm³/mol. The van der Waals surface area contributed by atoms with E-state index in [1.54, 1.807) is 38.4 Å². The molecule has 0 N–H and O–H groups in total. The van der Waals surface area contributed by atoms with E-state index in [0.29, 0.717) is 17.2 Å². The summed E-state index contributed by atoms with van der Waals surface area (Å²) in [5.74, 6) is 1.63. The zero-order valence-corrected chi connectivity index (χ0v) is 15.2. The van der Waals surface area contributed by atoms with Crippen LogP contribution in [0.2, 0.25) is 0 Å². The topological polar surface area (TPSA) is 71.3 Å². The molecule has 0 unspecified atom stereocenters. The standard InChI is InChI=1S/C20H18N4O3/c1-25-18-9-16(10-19(26-2)20(18)27-3)24-17(12-22-23-24)14-5-4-13-6-7-21-11-15(13)8-14/h4-12H,1-3H3. The first-order valence-electron chi connectivity index (χ1n) is 8.30. The monoisotopic (exact) mass is 362 g/mol. The zero-order chi connectivity index (χ0) is 18.8. The number of methoxy groups -OCH3 is 3. The Balaban J connectivity index is 1.86. The minimum atomic E-state index is 0.530. The van der Waals surface area contributed by atoms with Gasteiger partial charge in [0.05, 0.1) is 38.9 Å². The van der Waals surface area contributed by atoms with Gasteiger partial charge < -0.3 is 14.2 Å². The van der Waals surface area contributed by atoms with Crippen molar-refractivity contribution in [3.8, 4) is 34.2 Å². The molecule has 136 valence electrons. The van der Waals surface area contributed by atoms with Gasteiger partial charge >= 0.3 is 0 Å². The van der Waals surface area contributed by atoms with Crippen molar-refractivity contribution < 1.29 is 14.2 Å². The third-order valence-corrected chi connectivity index (χ3v) is 4.38. The van der Waals surface area contributed by atoms with Crippen molar-refractivity contribution in [1.29, 1.82) is 0 Å². The SMILES string of the molecule is COc1cc(-n2nncc2-c2ccc3ccncc3c2)cc(OC)c1OC. The summed E-state index contributed by atoms with van der Waals surface area (Å²) in [7, 11) is 4.74. The second kappa shape index (κ2) is 6.95. The van der Waals surface area contributed by atoms with Crippen LogP contribution in [0.1, 0.15) is 0 Å². The van der Waals surface area contributed by atoms with E-state index < -0.39 is 0 Å². The molecule has 4 rings (SSSR count). The van der Waals surface area contributed by atoms with Crippen LogP contribution >= 0.6 is 0 Å². The summed E-state index contributed by atoms with van der Waals surface area (Å²) in [5, 5.41) is 10.5. The number of ether oxygens (including phenoxy) is 3. The molecular formula is C20H18N4O3. The number of hydrogen-bond donors (Lipinski definition) is 0. The molecule has 0 aliphatic rings. The van der Waals surface area contributed by atoms with E-state index in [9.17, 15) is 0 Å². The highest BCUT2D eigenvalue weighted by molar-refractivity contribution is 5.86. The highest BCUT2D eigenvalue weighted by atomic mass is 16.5. The normalized spacial score (nSPS) is 10.8. The van der Waals surface area contributed by atoms with E-state index in [1.807, 2.05) is 30.5 Å². The van der Waals surface area contributed by atoms with Crippen LogP contribution in [0.5, 0.6) is 17.2 Å². The largest absolute Gasteiger partial charge is 0.493 e. The zero-order valence-electron chi connectivity index (χ0n) is 15.2. The number of nitrogens with zero attached hydrogens (tertiary/aromatic N) is 4. The van der Waals surface area contributed by atoms with Crippen molar-refractivity contribution in [3.63, 3.8) is 0 Å². The summed E-state index contributed by atoms with van der Waals surface area (Å²) < 4.78 is 18.0. The summed E-state index contributed by atoms with van der Waals surface area (Å²) in [6.45, 7) is 0. The number of fused-ring (bicyclic) bond motifs is 1. The Bertz CT molecular complexity index is 1080. The van der Waals surface area contributed by atoms with Gasteiger partial charge in [0.1, 0.15) is 0 Å². The first-order chi connectivity index (χ1) is 13.2. The molecule has 4 aromatic rings. The van der Waals surface area contributed by atoms with Crippen molar-refractivity contribution in [2.24, 2.45) is 0 Å². The maximum absolute atomic E-state index is 5.45. The van der Waals surface area contributed by atoms with E-state index in [1.165, 1.54) is 0 Å². The molecule has 2 aromatic carbocycles. The summed E-state index contributed by atoms with van der Waals surface area (Å²) in [6.07, 6.45) is 5.34. The van der Waals surface area contributed by atoms with Gasteiger partial charge in [-0.15, -0.1) is 5.10 Å².